The molecule has 28 heteroatoms. The van der Waals surface area contributed by atoms with E-state index in [1.165, 1.54) is 32.0 Å². The van der Waals surface area contributed by atoms with E-state index >= 15 is 0 Å². The Morgan fingerprint density at radius 3 is 1.78 bits per heavy atom. The van der Waals surface area contributed by atoms with Gasteiger partial charge in [0.05, 0.1) is 27.2 Å². The van der Waals surface area contributed by atoms with Gasteiger partial charge in [0, 0.05) is 23.6 Å². The number of carbonyl (C=O) groups excluding carboxylic acids is 1. The Bertz CT molecular complexity index is 3550. The molecule has 0 fully saturated rings. The van der Waals surface area contributed by atoms with Gasteiger partial charge in [-0.05, 0) is 73.2 Å². The smallest absolute Gasteiger partial charge is 0.338 e. The van der Waals surface area contributed by atoms with Crippen LogP contribution in [0.1, 0.15) is 33.2 Å². The van der Waals surface area contributed by atoms with Gasteiger partial charge in [-0.25, -0.2) is 4.79 Å². The number of carboxylic acid groups (broad SMARTS) is 1. The highest BCUT2D eigenvalue weighted by molar-refractivity contribution is 7.86. The summed E-state index contributed by atoms with van der Waals surface area (Å²) >= 11 is 0. The zero-order valence-electron chi connectivity index (χ0n) is 32.2. The van der Waals surface area contributed by atoms with Crippen molar-refractivity contribution in [3.05, 3.63) is 87.7 Å². The minimum absolute atomic E-state index is 0.00755. The maximum Gasteiger partial charge on any atom is 0.338 e. The molecule has 10 N–H and O–H groups in total. The number of hydrogen-bond donors (Lipinski definition) is 9. The number of nitrogens with two attached hydrogens (primary N) is 1. The highest BCUT2D eigenvalue weighted by atomic mass is 32.2. The molecule has 1 aromatic heterocycles. The van der Waals surface area contributed by atoms with E-state index in [0.29, 0.717) is 18.2 Å². The van der Waals surface area contributed by atoms with E-state index in [4.69, 9.17) is 5.73 Å². The minimum atomic E-state index is -5.31. The molecule has 5 aromatic carbocycles. The molecule has 0 atom stereocenters. The summed E-state index contributed by atoms with van der Waals surface area (Å²) in [6.07, 6.45) is 0. The zero-order valence-corrected chi connectivity index (χ0v) is 34.6. The van der Waals surface area contributed by atoms with Gasteiger partial charge in [-0.2, -0.15) is 35.5 Å². The molecule has 0 aliphatic heterocycles. The molecule has 6 rings (SSSR count). The average molecular weight is 941 g/mol. The highest BCUT2D eigenvalue weighted by Gasteiger charge is 2.27. The van der Waals surface area contributed by atoms with E-state index in [9.17, 15) is 78.8 Å². The van der Waals surface area contributed by atoms with Crippen LogP contribution in [0.15, 0.2) is 111 Å². The molecule has 0 bridgehead atoms. The van der Waals surface area contributed by atoms with Crippen LogP contribution in [0.5, 0.6) is 23.1 Å². The highest BCUT2D eigenvalue weighted by Crippen LogP contribution is 2.47. The van der Waals surface area contributed by atoms with Crippen molar-refractivity contribution in [3.63, 3.8) is 0 Å². The van der Waals surface area contributed by atoms with Gasteiger partial charge in [-0.15, -0.1) is 20.5 Å². The van der Waals surface area contributed by atoms with Crippen molar-refractivity contribution in [2.45, 2.75) is 35.1 Å². The molecule has 332 valence electrons. The number of hydrogen-bond acceptors (Lipinski definition) is 19. The lowest BCUT2D eigenvalue weighted by Crippen LogP contribution is -2.30. The predicted molar refractivity (Wildman–Crippen MR) is 220 cm³/mol. The Hall–Kier alpha value is -7.76. The van der Waals surface area contributed by atoms with Crippen LogP contribution in [-0.2, 0) is 36.9 Å². The van der Waals surface area contributed by atoms with Gasteiger partial charge in [-0.1, -0.05) is 6.07 Å². The minimum Gasteiger partial charge on any atom is -0.507 e. The fourth-order valence-corrected chi connectivity index (χ4v) is 8.09. The van der Waals surface area contributed by atoms with E-state index in [0.717, 1.165) is 28.8 Å². The van der Waals surface area contributed by atoms with Crippen molar-refractivity contribution in [2.75, 3.05) is 0 Å². The normalized spacial score (nSPS) is 12.6. The fourth-order valence-electron chi connectivity index (χ4n) is 6.24. The second kappa shape index (κ2) is 16.5. The summed E-state index contributed by atoms with van der Waals surface area (Å²) in [5.74, 6) is -6.50. The first-order valence-corrected chi connectivity index (χ1v) is 21.7. The molecule has 1 heterocycles. The third kappa shape index (κ3) is 8.66. The van der Waals surface area contributed by atoms with Crippen LogP contribution in [0.4, 0.5) is 34.1 Å². The van der Waals surface area contributed by atoms with Crippen LogP contribution in [0.3, 0.4) is 0 Å². The van der Waals surface area contributed by atoms with Crippen LogP contribution >= 0.6 is 0 Å². The number of phenolic OH excluding ortho intramolecular Hbond substituents is 3. The van der Waals surface area contributed by atoms with Gasteiger partial charge < -0.3 is 31.3 Å². The number of carboxylic acids is 1. The van der Waals surface area contributed by atoms with Crippen LogP contribution in [0, 0.1) is 6.92 Å². The fraction of sp³-hybridized carbons (Fsp3) is 0.0833. The summed E-state index contributed by atoms with van der Waals surface area (Å²) in [6, 6.07) is 9.17. The van der Waals surface area contributed by atoms with Crippen LogP contribution in [0.25, 0.3) is 21.5 Å². The van der Waals surface area contributed by atoms with Crippen LogP contribution in [-0.4, -0.2) is 80.9 Å². The molecule has 0 aliphatic carbocycles. The van der Waals surface area contributed by atoms with Crippen molar-refractivity contribution in [3.8, 4) is 23.1 Å². The Labute approximate surface area is 357 Å². The molecule has 6 aromatic rings. The van der Waals surface area contributed by atoms with Crippen LogP contribution in [0.2, 0.25) is 0 Å². The number of aromatic carboxylic acids is 1. The van der Waals surface area contributed by atoms with E-state index in [1.807, 2.05) is 0 Å². The Morgan fingerprint density at radius 1 is 0.672 bits per heavy atom. The Balaban J connectivity index is 1.42. The van der Waals surface area contributed by atoms with E-state index in [2.05, 4.69) is 30.7 Å². The largest absolute Gasteiger partial charge is 0.507 e. The number of carbonyl (C=O) groups is 2. The summed E-state index contributed by atoms with van der Waals surface area (Å²) in [5.41, 5.74) is 0.0804. The second-order valence-corrected chi connectivity index (χ2v) is 17.4. The lowest BCUT2D eigenvalue weighted by atomic mass is 10.1. The van der Waals surface area contributed by atoms with E-state index in [-0.39, 0.29) is 39.9 Å². The number of phenols is 3. The topological polar surface area (TPSA) is 421 Å². The van der Waals surface area contributed by atoms with Crippen molar-refractivity contribution in [2.24, 2.45) is 36.4 Å². The summed E-state index contributed by atoms with van der Waals surface area (Å²) in [4.78, 5) is 33.9. The summed E-state index contributed by atoms with van der Waals surface area (Å²) in [5, 5.41) is 74.7. The predicted octanol–water partition coefficient (Wildman–Crippen LogP) is 6.09. The number of benzene rings is 5. The molecule has 1 amide bonds. The molecule has 0 saturated carbocycles. The number of fused-ring (bicyclic) bond motifs is 2. The van der Waals surface area contributed by atoms with Crippen molar-refractivity contribution in [1.29, 1.82) is 0 Å². The molecule has 0 radical (unpaired) electrons. The Kier molecular flexibility index (Phi) is 11.8. The summed E-state index contributed by atoms with van der Waals surface area (Å²) < 4.78 is 103. The van der Waals surface area contributed by atoms with Gasteiger partial charge in [-0.3, -0.25) is 27.8 Å². The van der Waals surface area contributed by atoms with E-state index < -0.39 is 125 Å². The first-order chi connectivity index (χ1) is 29.7. The van der Waals surface area contributed by atoms with Crippen LogP contribution < -0.4 is 11.3 Å². The third-order valence-corrected chi connectivity index (χ3v) is 11.8. The monoisotopic (exact) mass is 940 g/mol. The van der Waals surface area contributed by atoms with Crippen molar-refractivity contribution >= 4 is 97.9 Å². The summed E-state index contributed by atoms with van der Waals surface area (Å²) in [7, 11) is -15.4. The SMILES string of the molecule is CCn1c(O)c(N=Nc2ccc3cc(S(=O)(=O)O)c(N=Nc4ccc(N=Nc5c(S(=O)(=O)O)cc6cc(S(=O)(=O)O)cc(O)c6c5O)c(C(=O)O)c4)c(O)c3c2)c(C)c(C(N)=O)c1=O. The Morgan fingerprint density at radius 2 is 1.22 bits per heavy atom. The first-order valence-electron chi connectivity index (χ1n) is 17.4. The third-order valence-electron chi connectivity index (χ3n) is 9.21. The van der Waals surface area contributed by atoms with Crippen molar-refractivity contribution < 1.29 is 74.0 Å². The summed E-state index contributed by atoms with van der Waals surface area (Å²) in [6.45, 7) is 2.74. The number of primary amides is 1. The number of amides is 1. The molecule has 0 saturated heterocycles. The lowest BCUT2D eigenvalue weighted by Gasteiger charge is -2.12. The second-order valence-electron chi connectivity index (χ2n) is 13.2. The quantitative estimate of drug-likeness (QED) is 0.0495. The number of aromatic hydroxyl groups is 4. The number of nitrogens with zero attached hydrogens (tertiary/aromatic N) is 7. The van der Waals surface area contributed by atoms with Gasteiger partial charge in [0.2, 0.25) is 5.88 Å². The number of aromatic nitrogens is 1. The first kappa shape index (κ1) is 45.8. The molecular formula is C36H28N8O17S3. The molecule has 0 unspecified atom stereocenters. The molecular weight excluding hydrogens is 913 g/mol. The molecule has 0 spiro atoms. The van der Waals surface area contributed by atoms with Gasteiger partial charge in [0.1, 0.15) is 43.9 Å². The number of rotatable bonds is 12. The van der Waals surface area contributed by atoms with Gasteiger partial charge in [0.15, 0.2) is 11.5 Å². The maximum atomic E-state index is 12.7. The standard InChI is InChI=1S/C36H28N8O17S3/c1-3-44-34(49)26(33(37)48)14(2)28(35(44)50)41-38-17-5-4-15-9-24(63(56,57)58)29(31(46)20(15)11-17)42-39-18-6-7-22(21(12-18)36(51)52)40-43-30-25(64(59,60)61)10-16-8-19(62(53,54)55)13-23(45)27(16)32(30)47/h4-13,45-47,50H,3H2,1-2H3,(H2,37,48)(H,51,52)(H,53,54,55)(H,56,57,58)(H,59,60,61). The number of azo groups is 3. The number of pyridine rings is 1. The maximum absolute atomic E-state index is 12.7. The van der Waals surface area contributed by atoms with Gasteiger partial charge in [0.25, 0.3) is 41.8 Å². The van der Waals surface area contributed by atoms with E-state index in [1.54, 1.807) is 0 Å². The molecule has 0 aliphatic rings. The molecule has 25 nitrogen and oxygen atoms in total. The molecule has 64 heavy (non-hydrogen) atoms. The lowest BCUT2D eigenvalue weighted by molar-refractivity contribution is 0.0697. The zero-order chi connectivity index (χ0) is 47.4. The van der Waals surface area contributed by atoms with Crippen molar-refractivity contribution in [1.82, 2.24) is 4.57 Å². The van der Waals surface area contributed by atoms with Gasteiger partial charge >= 0.3 is 5.97 Å². The average Bonchev–Trinajstić information content (AvgIpc) is 3.18.